The molecule has 0 radical (unpaired) electrons. The molecule has 144 valence electrons. The largest absolute Gasteiger partial charge is 0.320 e. The molecule has 0 saturated carbocycles. The fourth-order valence-corrected chi connectivity index (χ4v) is 3.96. The van der Waals surface area contributed by atoms with Crippen molar-refractivity contribution in [1.82, 2.24) is 14.8 Å². The van der Waals surface area contributed by atoms with E-state index in [1.807, 2.05) is 22.1 Å². The number of hydrogen-bond acceptors (Lipinski definition) is 7. The topological polar surface area (TPSA) is 103 Å². The summed E-state index contributed by atoms with van der Waals surface area (Å²) >= 11 is 2.87. The van der Waals surface area contributed by atoms with Crippen LogP contribution in [-0.2, 0) is 17.8 Å². The minimum absolute atomic E-state index is 0.0559. The summed E-state index contributed by atoms with van der Waals surface area (Å²) in [5.41, 5.74) is 0.0259. The molecular formula is C18H17N5O3S2. The number of nitrogens with one attached hydrogen (secondary N) is 1. The molecule has 0 bridgehead atoms. The number of allylic oxidation sites excluding steroid dienone is 1. The van der Waals surface area contributed by atoms with E-state index < -0.39 is 4.92 Å². The van der Waals surface area contributed by atoms with Gasteiger partial charge in [0.2, 0.25) is 5.91 Å². The van der Waals surface area contributed by atoms with Crippen LogP contribution in [0.25, 0.3) is 0 Å². The zero-order chi connectivity index (χ0) is 19.9. The van der Waals surface area contributed by atoms with Crippen LogP contribution < -0.4 is 5.32 Å². The van der Waals surface area contributed by atoms with E-state index in [1.54, 1.807) is 29.5 Å². The van der Waals surface area contributed by atoms with Gasteiger partial charge in [-0.15, -0.1) is 28.1 Å². The predicted octanol–water partition coefficient (Wildman–Crippen LogP) is 3.76. The Bertz CT molecular complexity index is 985. The first kappa shape index (κ1) is 19.8. The first-order chi connectivity index (χ1) is 13.6. The first-order valence-corrected chi connectivity index (χ1v) is 10.2. The van der Waals surface area contributed by atoms with Crippen LogP contribution in [0.4, 0.5) is 11.4 Å². The fraction of sp³-hybridized carbons (Fsp3) is 0.167. The Labute approximate surface area is 169 Å². The zero-order valence-corrected chi connectivity index (χ0v) is 16.4. The van der Waals surface area contributed by atoms with E-state index in [0.29, 0.717) is 18.1 Å². The van der Waals surface area contributed by atoms with Gasteiger partial charge in [0, 0.05) is 23.9 Å². The maximum Gasteiger partial charge on any atom is 0.292 e. The highest BCUT2D eigenvalue weighted by Crippen LogP contribution is 2.24. The molecule has 0 aliphatic rings. The Morgan fingerprint density at radius 3 is 2.86 bits per heavy atom. The summed E-state index contributed by atoms with van der Waals surface area (Å²) in [6.45, 7) is 4.30. The summed E-state index contributed by atoms with van der Waals surface area (Å²) in [6, 6.07) is 10.0. The number of carbonyl (C=O) groups is 1. The second-order valence-corrected chi connectivity index (χ2v) is 7.64. The molecule has 0 aliphatic heterocycles. The quantitative estimate of drug-likeness (QED) is 0.247. The summed E-state index contributed by atoms with van der Waals surface area (Å²) in [5, 5.41) is 24.7. The van der Waals surface area contributed by atoms with Gasteiger partial charge in [-0.25, -0.2) is 0 Å². The van der Waals surface area contributed by atoms with Gasteiger partial charge in [-0.3, -0.25) is 14.9 Å². The molecule has 3 aromatic rings. The first-order valence-electron chi connectivity index (χ1n) is 8.30. The number of aromatic nitrogens is 3. The number of benzene rings is 1. The van der Waals surface area contributed by atoms with Gasteiger partial charge in [0.05, 0.1) is 10.7 Å². The molecule has 0 fully saturated rings. The summed E-state index contributed by atoms with van der Waals surface area (Å²) < 4.78 is 1.91. The van der Waals surface area contributed by atoms with E-state index in [2.05, 4.69) is 22.1 Å². The van der Waals surface area contributed by atoms with Crippen molar-refractivity contribution < 1.29 is 9.72 Å². The highest BCUT2D eigenvalue weighted by atomic mass is 32.2. The third-order valence-electron chi connectivity index (χ3n) is 3.72. The molecule has 8 nitrogen and oxygen atoms in total. The Balaban J connectivity index is 1.67. The average Bonchev–Trinajstić information content (AvgIpc) is 3.32. The van der Waals surface area contributed by atoms with Crippen molar-refractivity contribution in [2.24, 2.45) is 0 Å². The molecule has 28 heavy (non-hydrogen) atoms. The van der Waals surface area contributed by atoms with Crippen molar-refractivity contribution in [2.45, 2.75) is 18.1 Å². The maximum atomic E-state index is 12.3. The van der Waals surface area contributed by atoms with Crippen molar-refractivity contribution in [2.75, 3.05) is 11.1 Å². The number of carbonyl (C=O) groups excluding carboxylic acids is 1. The second kappa shape index (κ2) is 9.29. The van der Waals surface area contributed by atoms with E-state index in [1.165, 1.54) is 28.8 Å². The van der Waals surface area contributed by atoms with Crippen LogP contribution in [-0.4, -0.2) is 31.3 Å². The Hall–Kier alpha value is -2.98. The van der Waals surface area contributed by atoms with E-state index in [-0.39, 0.29) is 23.0 Å². The SMILES string of the molecule is C=CCn1c(Cc2cccs2)nnc1SCC(=O)Nc1ccccc1[N+](=O)[O-]. The Morgan fingerprint density at radius 1 is 1.32 bits per heavy atom. The summed E-state index contributed by atoms with van der Waals surface area (Å²) in [6.07, 6.45) is 2.40. The lowest BCUT2D eigenvalue weighted by Gasteiger charge is -2.08. The summed E-state index contributed by atoms with van der Waals surface area (Å²) in [5.74, 6) is 0.497. The molecule has 2 heterocycles. The van der Waals surface area contributed by atoms with Gasteiger partial charge in [-0.2, -0.15) is 0 Å². The molecule has 1 aromatic carbocycles. The molecular weight excluding hydrogens is 398 g/mol. The van der Waals surface area contributed by atoms with E-state index >= 15 is 0 Å². The molecule has 1 amide bonds. The van der Waals surface area contributed by atoms with E-state index in [0.717, 1.165) is 5.82 Å². The Morgan fingerprint density at radius 2 is 2.14 bits per heavy atom. The molecule has 0 aliphatic carbocycles. The number of amides is 1. The van der Waals surface area contributed by atoms with Gasteiger partial charge in [-0.1, -0.05) is 36.0 Å². The predicted molar refractivity (Wildman–Crippen MR) is 110 cm³/mol. The number of rotatable bonds is 9. The number of nitrogens with zero attached hydrogens (tertiary/aromatic N) is 4. The third kappa shape index (κ3) is 4.84. The fourth-order valence-electron chi connectivity index (χ4n) is 2.49. The van der Waals surface area contributed by atoms with Crippen LogP contribution >= 0.6 is 23.1 Å². The van der Waals surface area contributed by atoms with Crippen LogP contribution in [0.2, 0.25) is 0 Å². The number of nitro benzene ring substituents is 1. The molecule has 0 saturated heterocycles. The molecule has 2 aromatic heterocycles. The minimum Gasteiger partial charge on any atom is -0.320 e. The highest BCUT2D eigenvalue weighted by molar-refractivity contribution is 7.99. The number of thiophene rings is 1. The second-order valence-electron chi connectivity index (χ2n) is 5.67. The smallest absolute Gasteiger partial charge is 0.292 e. The number of para-hydroxylation sites is 2. The summed E-state index contributed by atoms with van der Waals surface area (Å²) in [4.78, 5) is 24.0. The van der Waals surface area contributed by atoms with Gasteiger partial charge >= 0.3 is 0 Å². The molecule has 3 rings (SSSR count). The lowest BCUT2D eigenvalue weighted by atomic mass is 10.2. The van der Waals surface area contributed by atoms with Crippen molar-refractivity contribution in [3.05, 3.63) is 75.2 Å². The molecule has 0 atom stereocenters. The van der Waals surface area contributed by atoms with E-state index in [9.17, 15) is 14.9 Å². The van der Waals surface area contributed by atoms with Crippen molar-refractivity contribution in [3.63, 3.8) is 0 Å². The van der Waals surface area contributed by atoms with Gasteiger partial charge in [0.15, 0.2) is 5.16 Å². The zero-order valence-electron chi connectivity index (χ0n) is 14.8. The number of hydrogen-bond donors (Lipinski definition) is 1. The van der Waals surface area contributed by atoms with Crippen molar-refractivity contribution >= 4 is 40.4 Å². The van der Waals surface area contributed by atoms with Gasteiger partial charge in [0.25, 0.3) is 5.69 Å². The molecule has 10 heteroatoms. The van der Waals surface area contributed by atoms with E-state index in [4.69, 9.17) is 0 Å². The standard InChI is InChI=1S/C18H17N5O3S2/c1-2-9-22-16(11-13-6-5-10-27-13)20-21-18(22)28-12-17(24)19-14-7-3-4-8-15(14)23(25)26/h2-8,10H,1,9,11-12H2,(H,19,24). The van der Waals surface area contributed by atoms with Gasteiger partial charge < -0.3 is 9.88 Å². The maximum absolute atomic E-state index is 12.3. The molecule has 0 unspecified atom stereocenters. The Kier molecular flexibility index (Phi) is 6.56. The third-order valence-corrected chi connectivity index (χ3v) is 5.57. The minimum atomic E-state index is -0.527. The van der Waals surface area contributed by atoms with Crippen LogP contribution in [0.15, 0.2) is 59.6 Å². The monoisotopic (exact) mass is 415 g/mol. The van der Waals surface area contributed by atoms with Crippen LogP contribution in [0.5, 0.6) is 0 Å². The molecule has 0 spiro atoms. The lowest BCUT2D eigenvalue weighted by molar-refractivity contribution is -0.383. The lowest BCUT2D eigenvalue weighted by Crippen LogP contribution is -2.15. The highest BCUT2D eigenvalue weighted by Gasteiger charge is 2.17. The van der Waals surface area contributed by atoms with Crippen LogP contribution in [0, 0.1) is 10.1 Å². The summed E-state index contributed by atoms with van der Waals surface area (Å²) in [7, 11) is 0. The number of anilines is 1. The number of thioether (sulfide) groups is 1. The van der Waals surface area contributed by atoms with Gasteiger partial charge in [-0.05, 0) is 17.5 Å². The normalized spacial score (nSPS) is 10.6. The van der Waals surface area contributed by atoms with Crippen molar-refractivity contribution in [3.8, 4) is 0 Å². The molecule has 1 N–H and O–H groups in total. The van der Waals surface area contributed by atoms with Crippen LogP contribution in [0.1, 0.15) is 10.7 Å². The number of nitro groups is 1. The van der Waals surface area contributed by atoms with Crippen LogP contribution in [0.3, 0.4) is 0 Å². The average molecular weight is 416 g/mol. The van der Waals surface area contributed by atoms with Crippen molar-refractivity contribution in [1.29, 1.82) is 0 Å². The van der Waals surface area contributed by atoms with Gasteiger partial charge in [0.1, 0.15) is 11.5 Å².